The predicted molar refractivity (Wildman–Crippen MR) is 297 cm³/mol. The molecule has 14 aromatic rings. The second-order valence-corrected chi connectivity index (χ2v) is 19.7. The molecule has 0 aliphatic heterocycles. The van der Waals surface area contributed by atoms with Crippen LogP contribution in [0.4, 0.5) is 17.1 Å². The van der Waals surface area contributed by atoms with E-state index >= 15 is 0 Å². The number of furan rings is 2. The van der Waals surface area contributed by atoms with Crippen molar-refractivity contribution in [3.63, 3.8) is 0 Å². The summed E-state index contributed by atoms with van der Waals surface area (Å²) in [6, 6.07) is 90.3. The molecule has 11 aromatic carbocycles. The van der Waals surface area contributed by atoms with Crippen molar-refractivity contribution in [3.05, 3.63) is 271 Å². The number of nitrogens with zero attached hydrogens (tertiary/aromatic N) is 1. The molecule has 3 aromatic heterocycles. The number of hydrogen-bond donors (Lipinski definition) is 0. The summed E-state index contributed by atoms with van der Waals surface area (Å²) in [6.07, 6.45) is 0. The third kappa shape index (κ3) is 5.83. The molecule has 0 bridgehead atoms. The zero-order valence-electron chi connectivity index (χ0n) is 38.3. The van der Waals surface area contributed by atoms with Crippen LogP contribution >= 0.6 is 11.3 Å². The molecule has 0 saturated heterocycles. The molecule has 0 radical (unpaired) electrons. The summed E-state index contributed by atoms with van der Waals surface area (Å²) in [6.45, 7) is 0. The first-order chi connectivity index (χ1) is 35.2. The van der Waals surface area contributed by atoms with Gasteiger partial charge in [0.1, 0.15) is 22.3 Å². The Morgan fingerprint density at radius 2 is 0.803 bits per heavy atom. The van der Waals surface area contributed by atoms with Crippen LogP contribution in [0.3, 0.4) is 0 Å². The Kier molecular flexibility index (Phi) is 8.74. The van der Waals surface area contributed by atoms with E-state index in [9.17, 15) is 0 Å². The molecule has 1 aliphatic carbocycles. The highest BCUT2D eigenvalue weighted by Gasteiger charge is 2.50. The fraction of sp³-hybridized carbons (Fsp3) is 0.0149. The van der Waals surface area contributed by atoms with E-state index in [2.05, 4.69) is 254 Å². The summed E-state index contributed by atoms with van der Waals surface area (Å²) >= 11 is 1.87. The molecular weight excluding hydrogens is 883 g/mol. The minimum absolute atomic E-state index is 0.863. The lowest BCUT2D eigenvalue weighted by Gasteiger charge is -2.34. The van der Waals surface area contributed by atoms with Crippen molar-refractivity contribution in [3.8, 4) is 33.4 Å². The van der Waals surface area contributed by atoms with Gasteiger partial charge in [0.25, 0.3) is 0 Å². The standard InChI is InChI=1S/C67H41NO2S/c1-2-16-42(17-3-1)43-34-38-45(39-35-43)68(46-40-36-44(37-41-46)47-22-12-25-53-50-20-7-11-33-62(50)71-66(47)53)59-30-15-27-56-63(59)54-21-4-8-26-55(54)67(56,57-28-13-23-51-48-18-5-9-31-60(48)69-64(51)57)58-29-14-24-52-49-19-6-10-32-61(49)70-65(52)58/h1-41H. The number of thiophene rings is 1. The van der Waals surface area contributed by atoms with E-state index in [4.69, 9.17) is 8.83 Å². The maximum atomic E-state index is 7.06. The summed E-state index contributed by atoms with van der Waals surface area (Å²) in [5.41, 5.74) is 17.4. The zero-order valence-corrected chi connectivity index (χ0v) is 39.2. The SMILES string of the molecule is c1ccc(-c2ccc(N(c3ccc(-c4cccc5c4sc4ccccc45)cc3)c3cccc4c3-c3ccccc3C4(c3cccc4c3oc3ccccc34)c3cccc4c3oc3ccccc34)cc2)cc1. The average molecular weight is 924 g/mol. The lowest BCUT2D eigenvalue weighted by molar-refractivity contribution is 0.634. The first-order valence-corrected chi connectivity index (χ1v) is 25.1. The highest BCUT2D eigenvalue weighted by molar-refractivity contribution is 7.26. The van der Waals surface area contributed by atoms with Crippen LogP contribution in [0.5, 0.6) is 0 Å². The van der Waals surface area contributed by atoms with Gasteiger partial charge in [-0.25, -0.2) is 0 Å². The number of para-hydroxylation sites is 4. The third-order valence-electron chi connectivity index (χ3n) is 15.0. The molecule has 15 rings (SSSR count). The molecule has 0 amide bonds. The van der Waals surface area contributed by atoms with Crippen molar-refractivity contribution in [1.29, 1.82) is 0 Å². The van der Waals surface area contributed by atoms with E-state index in [-0.39, 0.29) is 0 Å². The first kappa shape index (κ1) is 40.0. The molecule has 4 heteroatoms. The maximum absolute atomic E-state index is 7.06. The Labute approximate surface area is 413 Å². The molecule has 71 heavy (non-hydrogen) atoms. The van der Waals surface area contributed by atoms with Crippen LogP contribution in [0.1, 0.15) is 22.3 Å². The molecular formula is C67H41NO2S. The van der Waals surface area contributed by atoms with Crippen molar-refractivity contribution in [2.75, 3.05) is 4.90 Å². The summed E-state index contributed by atoms with van der Waals surface area (Å²) in [7, 11) is 0. The molecule has 0 atom stereocenters. The van der Waals surface area contributed by atoms with Crippen LogP contribution in [0.25, 0.3) is 97.4 Å². The second kappa shape index (κ2) is 15.5. The van der Waals surface area contributed by atoms with Crippen LogP contribution < -0.4 is 4.90 Å². The highest BCUT2D eigenvalue weighted by atomic mass is 32.1. The molecule has 332 valence electrons. The summed E-state index contributed by atoms with van der Waals surface area (Å²) in [5.74, 6) is 0. The zero-order chi connectivity index (χ0) is 46.6. The smallest absolute Gasteiger partial charge is 0.140 e. The van der Waals surface area contributed by atoms with E-state index in [0.717, 1.165) is 83.2 Å². The van der Waals surface area contributed by atoms with Crippen LogP contribution in [-0.2, 0) is 5.41 Å². The minimum Gasteiger partial charge on any atom is -0.456 e. The fourth-order valence-corrected chi connectivity index (χ4v) is 13.2. The molecule has 3 nitrogen and oxygen atoms in total. The van der Waals surface area contributed by atoms with Gasteiger partial charge < -0.3 is 13.7 Å². The van der Waals surface area contributed by atoms with Gasteiger partial charge in [-0.1, -0.05) is 200 Å². The Bertz CT molecular complexity index is 4290. The van der Waals surface area contributed by atoms with Gasteiger partial charge in [0.15, 0.2) is 0 Å². The van der Waals surface area contributed by atoms with Crippen molar-refractivity contribution in [2.45, 2.75) is 5.41 Å². The van der Waals surface area contributed by atoms with Crippen molar-refractivity contribution in [2.24, 2.45) is 0 Å². The quantitative estimate of drug-likeness (QED) is 0.160. The first-order valence-electron chi connectivity index (χ1n) is 24.2. The maximum Gasteiger partial charge on any atom is 0.140 e. The van der Waals surface area contributed by atoms with Crippen LogP contribution in [0.15, 0.2) is 258 Å². The average Bonchev–Trinajstić information content (AvgIpc) is 4.21. The Hall–Kier alpha value is -8.96. The van der Waals surface area contributed by atoms with Gasteiger partial charge in [-0.05, 0) is 87.5 Å². The topological polar surface area (TPSA) is 29.5 Å². The number of benzene rings is 11. The molecule has 1 aliphatic rings. The van der Waals surface area contributed by atoms with Crippen molar-refractivity contribution in [1.82, 2.24) is 0 Å². The van der Waals surface area contributed by atoms with E-state index in [1.54, 1.807) is 0 Å². The lowest BCUT2D eigenvalue weighted by Crippen LogP contribution is -2.29. The van der Waals surface area contributed by atoms with E-state index in [1.807, 2.05) is 11.3 Å². The number of rotatable bonds is 7. The Morgan fingerprint density at radius 3 is 1.49 bits per heavy atom. The molecule has 0 N–H and O–H groups in total. The molecule has 0 unspecified atom stereocenters. The lowest BCUT2D eigenvalue weighted by atomic mass is 9.67. The van der Waals surface area contributed by atoms with E-state index < -0.39 is 5.41 Å². The Balaban J connectivity index is 1.01. The number of hydrogen-bond acceptors (Lipinski definition) is 4. The Morgan fingerprint density at radius 1 is 0.324 bits per heavy atom. The van der Waals surface area contributed by atoms with Gasteiger partial charge in [-0.2, -0.15) is 0 Å². The largest absolute Gasteiger partial charge is 0.456 e. The fourth-order valence-electron chi connectivity index (χ4n) is 11.9. The number of fused-ring (bicyclic) bond motifs is 12. The van der Waals surface area contributed by atoms with Crippen LogP contribution in [0.2, 0.25) is 0 Å². The minimum atomic E-state index is -0.863. The normalized spacial score (nSPS) is 12.9. The van der Waals surface area contributed by atoms with Crippen molar-refractivity contribution >= 4 is 92.4 Å². The van der Waals surface area contributed by atoms with Gasteiger partial charge in [-0.15, -0.1) is 11.3 Å². The van der Waals surface area contributed by atoms with Gasteiger partial charge >= 0.3 is 0 Å². The molecule has 3 heterocycles. The molecule has 0 spiro atoms. The summed E-state index contributed by atoms with van der Waals surface area (Å²) in [4.78, 5) is 2.45. The van der Waals surface area contributed by atoms with Gasteiger partial charge in [0.05, 0.1) is 11.1 Å². The van der Waals surface area contributed by atoms with Gasteiger partial charge in [-0.3, -0.25) is 0 Å². The summed E-state index contributed by atoms with van der Waals surface area (Å²) in [5, 5.41) is 6.97. The number of anilines is 3. The monoisotopic (exact) mass is 923 g/mol. The molecule has 0 fully saturated rings. The summed E-state index contributed by atoms with van der Waals surface area (Å²) < 4.78 is 16.7. The second-order valence-electron chi connectivity index (χ2n) is 18.6. The van der Waals surface area contributed by atoms with Gasteiger partial charge in [0.2, 0.25) is 0 Å². The third-order valence-corrected chi connectivity index (χ3v) is 16.2. The van der Waals surface area contributed by atoms with E-state index in [0.29, 0.717) is 0 Å². The predicted octanol–water partition coefficient (Wildman–Crippen LogP) is 19.0. The van der Waals surface area contributed by atoms with Crippen LogP contribution in [0, 0.1) is 0 Å². The highest BCUT2D eigenvalue weighted by Crippen LogP contribution is 2.62. The van der Waals surface area contributed by atoms with Gasteiger partial charge in [0, 0.05) is 69.8 Å². The van der Waals surface area contributed by atoms with Crippen LogP contribution in [-0.4, -0.2) is 0 Å². The molecule has 0 saturated carbocycles. The van der Waals surface area contributed by atoms with Crippen molar-refractivity contribution < 1.29 is 8.83 Å². The van der Waals surface area contributed by atoms with E-state index in [1.165, 1.54) is 53.6 Å².